The van der Waals surface area contributed by atoms with Crippen molar-refractivity contribution >= 4 is 53.5 Å². The van der Waals surface area contributed by atoms with Gasteiger partial charge in [0.15, 0.2) is 0 Å². The van der Waals surface area contributed by atoms with E-state index in [0.717, 1.165) is 29.0 Å². The van der Waals surface area contributed by atoms with E-state index in [-0.39, 0.29) is 36.8 Å². The number of imidazole rings is 1. The van der Waals surface area contributed by atoms with Crippen LogP contribution in [0.25, 0.3) is 11.0 Å². The van der Waals surface area contributed by atoms with E-state index in [1.165, 1.54) is 0 Å². The van der Waals surface area contributed by atoms with E-state index in [9.17, 15) is 4.79 Å². The van der Waals surface area contributed by atoms with Crippen molar-refractivity contribution in [2.24, 2.45) is 11.7 Å². The third kappa shape index (κ3) is 6.34. The zero-order chi connectivity index (χ0) is 17.7. The Morgan fingerprint density at radius 1 is 1.31 bits per heavy atom. The highest BCUT2D eigenvalue weighted by atomic mass is 35.5. The number of hydrogen-bond acceptors (Lipinski definition) is 4. The van der Waals surface area contributed by atoms with Crippen molar-refractivity contribution in [2.75, 3.05) is 19.8 Å². The molecule has 1 heterocycles. The Labute approximate surface area is 172 Å². The normalized spacial score (nSPS) is 11.8. The molecule has 26 heavy (non-hydrogen) atoms. The van der Waals surface area contributed by atoms with Crippen LogP contribution in [-0.4, -0.2) is 46.2 Å². The standard InChI is InChI=1S/C18H28N4OS.2ClH/c1-13(2)14(19)9-10-21(3)18(23)11-22-16-8-6-5-7-15(16)20-17(22)12-24-4;;/h5-8,13-14H,9-12,19H2,1-4H3;2*1H. The molecule has 0 bridgehead atoms. The van der Waals surface area contributed by atoms with Crippen LogP contribution in [0.4, 0.5) is 0 Å². The van der Waals surface area contributed by atoms with Crippen LogP contribution in [0.5, 0.6) is 0 Å². The van der Waals surface area contributed by atoms with Gasteiger partial charge < -0.3 is 15.2 Å². The number of fused-ring (bicyclic) bond motifs is 1. The average Bonchev–Trinajstić information content (AvgIpc) is 2.90. The molecule has 5 nitrogen and oxygen atoms in total. The smallest absolute Gasteiger partial charge is 0.242 e. The van der Waals surface area contributed by atoms with Gasteiger partial charge >= 0.3 is 0 Å². The first kappa shape index (κ1) is 25.1. The van der Waals surface area contributed by atoms with Crippen LogP contribution in [-0.2, 0) is 17.1 Å². The van der Waals surface area contributed by atoms with Gasteiger partial charge in [-0.1, -0.05) is 26.0 Å². The van der Waals surface area contributed by atoms with Crippen LogP contribution < -0.4 is 5.73 Å². The number of nitrogens with two attached hydrogens (primary N) is 1. The number of amides is 1. The molecule has 0 saturated carbocycles. The lowest BCUT2D eigenvalue weighted by atomic mass is 10.0. The summed E-state index contributed by atoms with van der Waals surface area (Å²) in [5, 5.41) is 0. The molecule has 0 aliphatic heterocycles. The highest BCUT2D eigenvalue weighted by Crippen LogP contribution is 2.19. The van der Waals surface area contributed by atoms with Gasteiger partial charge in [0.1, 0.15) is 12.4 Å². The van der Waals surface area contributed by atoms with Crippen molar-refractivity contribution in [1.29, 1.82) is 0 Å². The SMILES string of the molecule is CSCc1nc2ccccc2n1CC(=O)N(C)CCC(N)C(C)C.Cl.Cl. The molecule has 0 spiro atoms. The first-order valence-electron chi connectivity index (χ1n) is 8.36. The third-order valence-electron chi connectivity index (χ3n) is 4.38. The topological polar surface area (TPSA) is 64.2 Å². The third-order valence-corrected chi connectivity index (χ3v) is 4.93. The van der Waals surface area contributed by atoms with Gasteiger partial charge in [0.05, 0.1) is 16.8 Å². The highest BCUT2D eigenvalue weighted by Gasteiger charge is 2.17. The van der Waals surface area contributed by atoms with Gasteiger partial charge in [0, 0.05) is 19.6 Å². The molecule has 8 heteroatoms. The zero-order valence-electron chi connectivity index (χ0n) is 15.8. The molecule has 0 radical (unpaired) electrons. The average molecular weight is 421 g/mol. The number of halogens is 2. The van der Waals surface area contributed by atoms with E-state index < -0.39 is 0 Å². The molecule has 0 fully saturated rings. The molecule has 0 aliphatic carbocycles. The van der Waals surface area contributed by atoms with E-state index >= 15 is 0 Å². The summed E-state index contributed by atoms with van der Waals surface area (Å²) in [5.41, 5.74) is 8.04. The predicted molar refractivity (Wildman–Crippen MR) is 117 cm³/mol. The van der Waals surface area contributed by atoms with E-state index in [0.29, 0.717) is 19.0 Å². The molecule has 1 atom stereocenters. The Hall–Kier alpha value is -0.950. The van der Waals surface area contributed by atoms with Crippen LogP contribution >= 0.6 is 36.6 Å². The molecule has 1 unspecified atom stereocenters. The summed E-state index contributed by atoms with van der Waals surface area (Å²) in [6.45, 7) is 5.23. The van der Waals surface area contributed by atoms with Crippen molar-refractivity contribution < 1.29 is 4.79 Å². The zero-order valence-corrected chi connectivity index (χ0v) is 18.3. The fraction of sp³-hybridized carbons (Fsp3) is 0.556. The first-order chi connectivity index (χ1) is 11.4. The molecule has 1 aromatic carbocycles. The Kier molecular flexibility index (Phi) is 11.3. The number of benzene rings is 1. The molecule has 2 N–H and O–H groups in total. The van der Waals surface area contributed by atoms with Crippen molar-refractivity contribution in [3.63, 3.8) is 0 Å². The lowest BCUT2D eigenvalue weighted by Crippen LogP contribution is -2.36. The van der Waals surface area contributed by atoms with Crippen molar-refractivity contribution in [1.82, 2.24) is 14.5 Å². The summed E-state index contributed by atoms with van der Waals surface area (Å²) in [4.78, 5) is 19.1. The van der Waals surface area contributed by atoms with Gasteiger partial charge in [0.2, 0.25) is 5.91 Å². The van der Waals surface area contributed by atoms with Crippen molar-refractivity contribution in [3.8, 4) is 0 Å². The quantitative estimate of drug-likeness (QED) is 0.708. The van der Waals surface area contributed by atoms with E-state index in [1.807, 2.05) is 42.1 Å². The Balaban J connectivity index is 0.00000312. The van der Waals surface area contributed by atoms with Crippen LogP contribution in [0, 0.1) is 5.92 Å². The lowest BCUT2D eigenvalue weighted by molar-refractivity contribution is -0.130. The van der Waals surface area contributed by atoms with Crippen molar-refractivity contribution in [2.45, 2.75) is 38.6 Å². The predicted octanol–water partition coefficient (Wildman–Crippen LogP) is 3.57. The maximum Gasteiger partial charge on any atom is 0.242 e. The largest absolute Gasteiger partial charge is 0.344 e. The molecule has 0 saturated heterocycles. The van der Waals surface area contributed by atoms with E-state index in [1.54, 1.807) is 16.7 Å². The molecule has 2 rings (SSSR count). The fourth-order valence-electron chi connectivity index (χ4n) is 2.60. The van der Waals surface area contributed by atoms with Crippen LogP contribution in [0.3, 0.4) is 0 Å². The second-order valence-electron chi connectivity index (χ2n) is 6.55. The number of hydrogen-bond donors (Lipinski definition) is 1. The fourth-order valence-corrected chi connectivity index (χ4v) is 3.08. The number of thioether (sulfide) groups is 1. The van der Waals surface area contributed by atoms with Crippen LogP contribution in [0.2, 0.25) is 0 Å². The Bertz CT molecular complexity index is 693. The lowest BCUT2D eigenvalue weighted by Gasteiger charge is -2.22. The van der Waals surface area contributed by atoms with Crippen molar-refractivity contribution in [3.05, 3.63) is 30.1 Å². The number of rotatable bonds is 8. The first-order valence-corrected chi connectivity index (χ1v) is 9.76. The number of likely N-dealkylation sites (N-methyl/N-ethyl adjacent to an activating group) is 1. The molecule has 1 aromatic heterocycles. The van der Waals surface area contributed by atoms with Gasteiger partial charge in [-0.2, -0.15) is 11.8 Å². The second-order valence-corrected chi connectivity index (χ2v) is 7.41. The number of nitrogens with zero attached hydrogens (tertiary/aromatic N) is 3. The second kappa shape index (κ2) is 11.7. The molecule has 148 valence electrons. The maximum atomic E-state index is 12.6. The number of para-hydroxylation sites is 2. The van der Waals surface area contributed by atoms with Gasteiger partial charge in [-0.3, -0.25) is 4.79 Å². The maximum absolute atomic E-state index is 12.6. The summed E-state index contributed by atoms with van der Waals surface area (Å²) in [6, 6.07) is 8.10. The Morgan fingerprint density at radius 2 is 1.96 bits per heavy atom. The molecule has 0 aliphatic rings. The van der Waals surface area contributed by atoms with Crippen LogP contribution in [0.1, 0.15) is 26.1 Å². The highest BCUT2D eigenvalue weighted by molar-refractivity contribution is 7.97. The van der Waals surface area contributed by atoms with E-state index in [4.69, 9.17) is 5.73 Å². The number of carbonyl (C=O) groups excluding carboxylic acids is 1. The number of carbonyl (C=O) groups is 1. The number of aromatic nitrogens is 2. The Morgan fingerprint density at radius 3 is 2.58 bits per heavy atom. The molecule has 1 amide bonds. The molecular formula is C18H30Cl2N4OS. The van der Waals surface area contributed by atoms with Gasteiger partial charge in [-0.05, 0) is 30.7 Å². The summed E-state index contributed by atoms with van der Waals surface area (Å²) >= 11 is 1.71. The molecule has 2 aromatic rings. The van der Waals surface area contributed by atoms with Crippen LogP contribution in [0.15, 0.2) is 24.3 Å². The summed E-state index contributed by atoms with van der Waals surface area (Å²) < 4.78 is 2.03. The monoisotopic (exact) mass is 420 g/mol. The minimum Gasteiger partial charge on any atom is -0.344 e. The summed E-state index contributed by atoms with van der Waals surface area (Å²) in [7, 11) is 1.85. The minimum absolute atomic E-state index is 0. The summed E-state index contributed by atoms with van der Waals surface area (Å²) in [5.74, 6) is 2.27. The van der Waals surface area contributed by atoms with Gasteiger partial charge in [-0.15, -0.1) is 24.8 Å². The minimum atomic E-state index is 0. The van der Waals surface area contributed by atoms with Gasteiger partial charge in [0.25, 0.3) is 0 Å². The molecular weight excluding hydrogens is 391 g/mol. The van der Waals surface area contributed by atoms with Gasteiger partial charge in [-0.25, -0.2) is 4.98 Å². The summed E-state index contributed by atoms with van der Waals surface area (Å²) in [6.07, 6.45) is 2.87. The van der Waals surface area contributed by atoms with E-state index in [2.05, 4.69) is 18.8 Å².